The summed E-state index contributed by atoms with van der Waals surface area (Å²) in [5, 5.41) is 0. The normalized spacial score (nSPS) is 49.0. The molecule has 23 heavy (non-hydrogen) atoms. The highest BCUT2D eigenvalue weighted by atomic mass is 16.1. The Labute approximate surface area is 139 Å². The zero-order chi connectivity index (χ0) is 16.4. The van der Waals surface area contributed by atoms with Crippen molar-refractivity contribution >= 4 is 11.7 Å². The molecule has 0 radical (unpaired) electrons. The standard InChI is InChI=1S/C20H29NO2/c1-19-9-7-13(22)11-12(19)3-4-14-15-5-6-17(18(21)23)20(15,2)10-8-16(14)19/h11,14-17H,3-10H2,1-2H3,(H2,21,23)/t14?,15?,16?,17-,19+,20+/m1/s1. The highest BCUT2D eigenvalue weighted by Gasteiger charge is 2.59. The zero-order valence-corrected chi connectivity index (χ0v) is 14.4. The molecule has 0 spiro atoms. The van der Waals surface area contributed by atoms with Crippen LogP contribution in [0.4, 0.5) is 0 Å². The number of ketones is 1. The van der Waals surface area contributed by atoms with Gasteiger partial charge in [-0.25, -0.2) is 0 Å². The second kappa shape index (κ2) is 4.94. The number of fused-ring (bicyclic) bond motifs is 5. The molecule has 3 nitrogen and oxygen atoms in total. The van der Waals surface area contributed by atoms with Crippen molar-refractivity contribution in [1.29, 1.82) is 0 Å². The number of hydrogen-bond acceptors (Lipinski definition) is 2. The third-order valence-electron chi connectivity index (χ3n) is 8.31. The molecule has 3 fully saturated rings. The first-order chi connectivity index (χ1) is 10.9. The molecule has 4 aliphatic carbocycles. The van der Waals surface area contributed by atoms with E-state index in [9.17, 15) is 9.59 Å². The van der Waals surface area contributed by atoms with E-state index >= 15 is 0 Å². The minimum Gasteiger partial charge on any atom is -0.369 e. The number of primary amides is 1. The number of carbonyl (C=O) groups is 2. The SMILES string of the molecule is C[C@]12CCC(=O)C=C1CCC1C2CC[C@@]2(C)C1CC[C@@H]2C(N)=O. The minimum atomic E-state index is -0.0840. The lowest BCUT2D eigenvalue weighted by molar-refractivity contribution is -0.129. The van der Waals surface area contributed by atoms with Gasteiger partial charge in [0.25, 0.3) is 0 Å². The fraction of sp³-hybridized carbons (Fsp3) is 0.800. The van der Waals surface area contributed by atoms with Gasteiger partial charge in [0, 0.05) is 12.3 Å². The highest BCUT2D eigenvalue weighted by Crippen LogP contribution is 2.66. The van der Waals surface area contributed by atoms with E-state index in [4.69, 9.17) is 5.73 Å². The summed E-state index contributed by atoms with van der Waals surface area (Å²) in [6.45, 7) is 4.74. The summed E-state index contributed by atoms with van der Waals surface area (Å²) in [5.74, 6) is 2.38. The van der Waals surface area contributed by atoms with Gasteiger partial charge in [0.1, 0.15) is 0 Å². The van der Waals surface area contributed by atoms with E-state index < -0.39 is 0 Å². The lowest BCUT2D eigenvalue weighted by atomic mass is 9.47. The number of allylic oxidation sites excluding steroid dienone is 1. The van der Waals surface area contributed by atoms with Crippen molar-refractivity contribution in [3.8, 4) is 0 Å². The van der Waals surface area contributed by atoms with Crippen molar-refractivity contribution in [2.24, 2.45) is 40.2 Å². The molecule has 0 bridgehead atoms. The molecular weight excluding hydrogens is 286 g/mol. The van der Waals surface area contributed by atoms with E-state index in [1.807, 2.05) is 6.08 Å². The molecule has 0 aromatic carbocycles. The number of carbonyl (C=O) groups excluding carboxylic acids is 2. The zero-order valence-electron chi connectivity index (χ0n) is 14.4. The quantitative estimate of drug-likeness (QED) is 0.803. The van der Waals surface area contributed by atoms with E-state index in [-0.39, 0.29) is 22.7 Å². The second-order valence-corrected chi connectivity index (χ2v) is 9.05. The van der Waals surface area contributed by atoms with Gasteiger partial charge in [0.05, 0.1) is 0 Å². The summed E-state index contributed by atoms with van der Waals surface area (Å²) in [6.07, 6.45) is 10.5. The summed E-state index contributed by atoms with van der Waals surface area (Å²) in [4.78, 5) is 23.8. The lowest BCUT2D eigenvalue weighted by Gasteiger charge is -2.58. The first-order valence-electron chi connectivity index (χ1n) is 9.39. The van der Waals surface area contributed by atoms with Gasteiger partial charge in [-0.15, -0.1) is 0 Å². The van der Waals surface area contributed by atoms with Crippen molar-refractivity contribution in [3.05, 3.63) is 11.6 Å². The Bertz CT molecular complexity index is 594. The predicted molar refractivity (Wildman–Crippen MR) is 89.4 cm³/mol. The van der Waals surface area contributed by atoms with Crippen LogP contribution < -0.4 is 5.73 Å². The predicted octanol–water partition coefficient (Wildman–Crippen LogP) is 3.62. The second-order valence-electron chi connectivity index (χ2n) is 9.05. The van der Waals surface area contributed by atoms with Crippen LogP contribution in [0, 0.1) is 34.5 Å². The van der Waals surface area contributed by atoms with Gasteiger partial charge in [-0.2, -0.15) is 0 Å². The lowest BCUT2D eigenvalue weighted by Crippen LogP contribution is -2.51. The molecular formula is C20H29NO2. The van der Waals surface area contributed by atoms with Crippen LogP contribution in [0.15, 0.2) is 11.6 Å². The summed E-state index contributed by atoms with van der Waals surface area (Å²) >= 11 is 0. The van der Waals surface area contributed by atoms with E-state index in [1.165, 1.54) is 24.8 Å². The van der Waals surface area contributed by atoms with Crippen LogP contribution in [0.1, 0.15) is 65.2 Å². The largest absolute Gasteiger partial charge is 0.369 e. The maximum Gasteiger partial charge on any atom is 0.221 e. The summed E-state index contributed by atoms with van der Waals surface area (Å²) < 4.78 is 0. The Balaban J connectivity index is 1.67. The van der Waals surface area contributed by atoms with Gasteiger partial charge in [0.2, 0.25) is 5.91 Å². The van der Waals surface area contributed by atoms with Crippen LogP contribution in [0.25, 0.3) is 0 Å². The molecule has 3 unspecified atom stereocenters. The fourth-order valence-corrected chi connectivity index (χ4v) is 7.03. The van der Waals surface area contributed by atoms with Crippen molar-refractivity contribution in [3.63, 3.8) is 0 Å². The van der Waals surface area contributed by atoms with Crippen LogP contribution in [-0.4, -0.2) is 11.7 Å². The molecule has 0 aromatic heterocycles. The third kappa shape index (κ3) is 2.01. The molecule has 6 atom stereocenters. The average molecular weight is 315 g/mol. The highest BCUT2D eigenvalue weighted by molar-refractivity contribution is 5.91. The van der Waals surface area contributed by atoms with Crippen molar-refractivity contribution in [2.45, 2.75) is 65.2 Å². The Kier molecular flexibility index (Phi) is 3.31. The summed E-state index contributed by atoms with van der Waals surface area (Å²) in [5.41, 5.74) is 7.48. The fourth-order valence-electron chi connectivity index (χ4n) is 7.03. The molecule has 0 saturated heterocycles. The summed E-state index contributed by atoms with van der Waals surface area (Å²) in [7, 11) is 0. The first-order valence-corrected chi connectivity index (χ1v) is 9.39. The van der Waals surface area contributed by atoms with Crippen LogP contribution in [-0.2, 0) is 9.59 Å². The molecule has 0 aromatic rings. The van der Waals surface area contributed by atoms with E-state index in [1.54, 1.807) is 0 Å². The molecule has 3 heteroatoms. The minimum absolute atomic E-state index is 0.0751. The van der Waals surface area contributed by atoms with E-state index in [2.05, 4.69) is 13.8 Å². The molecule has 3 saturated carbocycles. The Hall–Kier alpha value is -1.12. The maximum atomic E-state index is 11.9. The Morgan fingerprint density at radius 3 is 2.61 bits per heavy atom. The van der Waals surface area contributed by atoms with Gasteiger partial charge in [0.15, 0.2) is 5.78 Å². The Morgan fingerprint density at radius 1 is 1.09 bits per heavy atom. The molecule has 2 N–H and O–H groups in total. The number of rotatable bonds is 1. The third-order valence-corrected chi connectivity index (χ3v) is 8.31. The van der Waals surface area contributed by atoms with E-state index in [0.717, 1.165) is 32.1 Å². The van der Waals surface area contributed by atoms with Gasteiger partial charge in [-0.1, -0.05) is 19.4 Å². The van der Waals surface area contributed by atoms with Gasteiger partial charge in [-0.3, -0.25) is 9.59 Å². The number of amides is 1. The van der Waals surface area contributed by atoms with Crippen molar-refractivity contribution in [1.82, 2.24) is 0 Å². The van der Waals surface area contributed by atoms with E-state index in [0.29, 0.717) is 23.5 Å². The topological polar surface area (TPSA) is 60.2 Å². The van der Waals surface area contributed by atoms with Crippen molar-refractivity contribution in [2.75, 3.05) is 0 Å². The van der Waals surface area contributed by atoms with Gasteiger partial charge in [-0.05, 0) is 79.6 Å². The Morgan fingerprint density at radius 2 is 1.87 bits per heavy atom. The maximum absolute atomic E-state index is 11.9. The van der Waals surface area contributed by atoms with Gasteiger partial charge >= 0.3 is 0 Å². The van der Waals surface area contributed by atoms with Crippen LogP contribution in [0.5, 0.6) is 0 Å². The summed E-state index contributed by atoms with van der Waals surface area (Å²) in [6, 6.07) is 0. The average Bonchev–Trinajstić information content (AvgIpc) is 2.85. The van der Waals surface area contributed by atoms with Crippen molar-refractivity contribution < 1.29 is 9.59 Å². The van der Waals surface area contributed by atoms with Crippen LogP contribution >= 0.6 is 0 Å². The molecule has 0 aliphatic heterocycles. The monoisotopic (exact) mass is 315 g/mol. The number of nitrogens with two attached hydrogens (primary N) is 1. The molecule has 1 amide bonds. The smallest absolute Gasteiger partial charge is 0.221 e. The first kappa shape index (κ1) is 15.4. The molecule has 0 heterocycles. The van der Waals surface area contributed by atoms with Crippen LogP contribution in [0.2, 0.25) is 0 Å². The number of hydrogen-bond donors (Lipinski definition) is 1. The molecule has 4 aliphatic rings. The van der Waals surface area contributed by atoms with Crippen LogP contribution in [0.3, 0.4) is 0 Å². The molecule has 4 rings (SSSR count). The van der Waals surface area contributed by atoms with Gasteiger partial charge < -0.3 is 5.73 Å². The molecule has 126 valence electrons.